The smallest absolute Gasteiger partial charge is 0.309 e. The standard InChI is InChI=1S/C46H64ClN3O6/c1-27(2)38-31(51)25-46(34-24-36(52)50(49(34)23-22-48)29-12-10-28(47)11-13-29)21-20-44(8)30(39(38)46)14-15-33-43(7)18-17-35(56-37(53)26-41(3,4)40(54)55)42(5,6)32(43)16-19-45(33,44)9/h10-13,24,27,30,32-33,35H,14-23,25-26,48H2,1-9H3,(H,54,55)/t30-,32+,33-,35+,43+,44-,45-,46+/m1/s1. The number of benzene rings is 1. The van der Waals surface area contributed by atoms with E-state index in [0.29, 0.717) is 36.4 Å². The number of aliphatic carboxylic acids is 1. The highest BCUT2D eigenvalue weighted by molar-refractivity contribution is 6.30. The molecule has 0 radical (unpaired) electrons. The van der Waals surface area contributed by atoms with Crippen molar-refractivity contribution in [2.75, 3.05) is 6.54 Å². The minimum Gasteiger partial charge on any atom is -0.481 e. The average Bonchev–Trinajstić information content (AvgIpc) is 3.60. The summed E-state index contributed by atoms with van der Waals surface area (Å²) < 4.78 is 9.97. The molecule has 0 saturated heterocycles. The van der Waals surface area contributed by atoms with Crippen LogP contribution in [0.2, 0.25) is 5.02 Å². The fourth-order valence-electron chi connectivity index (χ4n) is 13.8. The topological polar surface area (TPSA) is 134 Å². The molecular weight excluding hydrogens is 726 g/mol. The molecule has 5 aliphatic carbocycles. The Labute approximate surface area is 337 Å². The number of halogens is 1. The molecule has 306 valence electrons. The number of carbonyl (C=O) groups excluding carboxylic acids is 2. The molecule has 0 spiro atoms. The summed E-state index contributed by atoms with van der Waals surface area (Å²) in [6.07, 6.45) is 7.55. The molecule has 0 amide bonds. The summed E-state index contributed by atoms with van der Waals surface area (Å²) in [5, 5.41) is 10.2. The summed E-state index contributed by atoms with van der Waals surface area (Å²) >= 11 is 6.26. The molecule has 2 aromatic rings. The number of nitrogens with two attached hydrogens (primary N) is 1. The van der Waals surface area contributed by atoms with Crippen LogP contribution in [0, 0.1) is 50.7 Å². The molecule has 56 heavy (non-hydrogen) atoms. The molecule has 7 rings (SSSR count). The minimum atomic E-state index is -1.18. The monoisotopic (exact) mass is 789 g/mol. The fourth-order valence-corrected chi connectivity index (χ4v) is 13.9. The van der Waals surface area contributed by atoms with Crippen molar-refractivity contribution in [3.63, 3.8) is 0 Å². The van der Waals surface area contributed by atoms with Gasteiger partial charge in [0.1, 0.15) is 6.10 Å². The minimum absolute atomic E-state index is 0.00528. The maximum Gasteiger partial charge on any atom is 0.309 e. The molecule has 5 aliphatic rings. The van der Waals surface area contributed by atoms with E-state index in [4.69, 9.17) is 22.1 Å². The van der Waals surface area contributed by atoms with Crippen LogP contribution in [-0.4, -0.2) is 44.8 Å². The van der Waals surface area contributed by atoms with Gasteiger partial charge in [-0.15, -0.1) is 0 Å². The molecule has 0 bridgehead atoms. The van der Waals surface area contributed by atoms with E-state index < -0.39 is 22.8 Å². The Kier molecular flexibility index (Phi) is 10.0. The summed E-state index contributed by atoms with van der Waals surface area (Å²) in [6.45, 7) is 20.4. The summed E-state index contributed by atoms with van der Waals surface area (Å²) in [4.78, 5) is 53.4. The molecule has 3 N–H and O–H groups in total. The molecule has 1 aromatic heterocycles. The SMILES string of the molecule is CC(C)C1=C2[C@H]3CC[C@@H]4[C@@]5(C)CC[C@H](OC(=O)CC(C)(C)C(=O)O)C(C)(C)[C@@H]5CC[C@@]4(C)[C@]3(C)CC[C@@]2(c2cc(=O)n(-c3ccc(Cl)cc3)n2CCN)CC1=O. The van der Waals surface area contributed by atoms with Gasteiger partial charge in [0, 0.05) is 34.9 Å². The van der Waals surface area contributed by atoms with Crippen LogP contribution >= 0.6 is 11.6 Å². The van der Waals surface area contributed by atoms with Crippen LogP contribution in [0.5, 0.6) is 0 Å². The van der Waals surface area contributed by atoms with Crippen molar-refractivity contribution < 1.29 is 24.2 Å². The summed E-state index contributed by atoms with van der Waals surface area (Å²) in [5.41, 5.74) is 7.98. The van der Waals surface area contributed by atoms with Crippen LogP contribution in [0.15, 0.2) is 46.3 Å². The van der Waals surface area contributed by atoms with Gasteiger partial charge in [-0.25, -0.2) is 4.68 Å². The predicted molar refractivity (Wildman–Crippen MR) is 219 cm³/mol. The zero-order valence-electron chi connectivity index (χ0n) is 35.1. The number of carboxylic acid groups (broad SMARTS) is 1. The van der Waals surface area contributed by atoms with Gasteiger partial charge in [0.05, 0.1) is 29.8 Å². The van der Waals surface area contributed by atoms with Crippen molar-refractivity contribution in [1.82, 2.24) is 9.36 Å². The Bertz CT molecular complexity index is 2020. The van der Waals surface area contributed by atoms with Crippen molar-refractivity contribution in [1.29, 1.82) is 0 Å². The zero-order valence-corrected chi connectivity index (χ0v) is 35.9. The third-order valence-electron chi connectivity index (χ3n) is 16.7. The molecular formula is C46H64ClN3O6. The van der Waals surface area contributed by atoms with Gasteiger partial charge >= 0.3 is 11.9 Å². The number of aromatic nitrogens is 2. The molecule has 0 aliphatic heterocycles. The van der Waals surface area contributed by atoms with E-state index in [2.05, 4.69) is 53.1 Å². The molecule has 8 atom stereocenters. The number of carboxylic acids is 1. The van der Waals surface area contributed by atoms with Crippen LogP contribution in [0.25, 0.3) is 5.69 Å². The first-order valence-corrected chi connectivity index (χ1v) is 21.5. The first kappa shape index (κ1) is 41.0. The second-order valence-electron chi connectivity index (χ2n) is 20.6. The first-order chi connectivity index (χ1) is 26.1. The number of Topliss-reactive ketones (excluding diaryl/α,β-unsaturated/α-hetero) is 1. The van der Waals surface area contributed by atoms with E-state index in [1.54, 1.807) is 36.7 Å². The average molecular weight is 790 g/mol. The Balaban J connectivity index is 1.26. The second kappa shape index (κ2) is 13.7. The number of hydrogen-bond acceptors (Lipinski definition) is 6. The number of carbonyl (C=O) groups is 3. The number of hydrogen-bond donors (Lipinski definition) is 2. The molecule has 4 saturated carbocycles. The summed E-state index contributed by atoms with van der Waals surface area (Å²) in [7, 11) is 0. The van der Waals surface area contributed by atoms with Crippen molar-refractivity contribution >= 4 is 29.3 Å². The maximum atomic E-state index is 14.4. The lowest BCUT2D eigenvalue weighted by Crippen LogP contribution is -2.66. The number of ether oxygens (including phenoxy) is 1. The Hall–Kier alpha value is -3.17. The normalized spacial score (nSPS) is 35.1. The molecule has 1 heterocycles. The van der Waals surface area contributed by atoms with Gasteiger partial charge in [-0.3, -0.25) is 23.9 Å². The van der Waals surface area contributed by atoms with E-state index >= 15 is 0 Å². The van der Waals surface area contributed by atoms with Crippen LogP contribution in [0.4, 0.5) is 0 Å². The Morgan fingerprint density at radius 2 is 1.62 bits per heavy atom. The maximum absolute atomic E-state index is 14.4. The fraction of sp³-hybridized carbons (Fsp3) is 0.696. The lowest BCUT2D eigenvalue weighted by atomic mass is 9.33. The molecule has 9 nitrogen and oxygen atoms in total. The number of fused-ring (bicyclic) bond motifs is 7. The summed E-state index contributed by atoms with van der Waals surface area (Å²) in [5.74, 6) is -0.162. The number of rotatable bonds is 9. The van der Waals surface area contributed by atoms with Gasteiger partial charge in [-0.05, 0) is 141 Å². The van der Waals surface area contributed by atoms with E-state index in [0.717, 1.165) is 68.3 Å². The molecule has 1 aromatic carbocycles. The van der Waals surface area contributed by atoms with Gasteiger partial charge in [0.25, 0.3) is 5.56 Å². The van der Waals surface area contributed by atoms with Gasteiger partial charge in [0.2, 0.25) is 0 Å². The lowest BCUT2D eigenvalue weighted by molar-refractivity contribution is -0.232. The third-order valence-corrected chi connectivity index (χ3v) is 17.0. The van der Waals surface area contributed by atoms with Crippen molar-refractivity contribution in [3.8, 4) is 5.69 Å². The van der Waals surface area contributed by atoms with Crippen LogP contribution in [0.1, 0.15) is 132 Å². The number of nitrogens with zero attached hydrogens (tertiary/aromatic N) is 2. The molecule has 0 unspecified atom stereocenters. The van der Waals surface area contributed by atoms with Gasteiger partial charge in [-0.1, -0.05) is 60.1 Å². The Morgan fingerprint density at radius 1 is 0.946 bits per heavy atom. The van der Waals surface area contributed by atoms with E-state index in [1.807, 2.05) is 12.1 Å². The van der Waals surface area contributed by atoms with E-state index in [9.17, 15) is 24.3 Å². The lowest BCUT2D eigenvalue weighted by Gasteiger charge is -2.72. The number of allylic oxidation sites excluding steroid dienone is 2. The van der Waals surface area contributed by atoms with Gasteiger partial charge in [0.15, 0.2) is 5.78 Å². The molecule has 4 fully saturated rings. The van der Waals surface area contributed by atoms with E-state index in [-0.39, 0.29) is 57.4 Å². The highest BCUT2D eigenvalue weighted by atomic mass is 35.5. The van der Waals surface area contributed by atoms with Crippen molar-refractivity contribution in [2.45, 2.75) is 145 Å². The van der Waals surface area contributed by atoms with Crippen LogP contribution < -0.4 is 11.3 Å². The quantitative estimate of drug-likeness (QED) is 0.243. The van der Waals surface area contributed by atoms with E-state index in [1.165, 1.54) is 5.57 Å². The van der Waals surface area contributed by atoms with Gasteiger partial charge in [-0.2, -0.15) is 0 Å². The highest BCUT2D eigenvalue weighted by Crippen LogP contribution is 2.77. The first-order valence-electron chi connectivity index (χ1n) is 21.1. The second-order valence-corrected chi connectivity index (χ2v) is 21.0. The van der Waals surface area contributed by atoms with Crippen LogP contribution in [-0.2, 0) is 31.1 Å². The Morgan fingerprint density at radius 3 is 2.25 bits per heavy atom. The molecule has 10 heteroatoms. The van der Waals surface area contributed by atoms with Gasteiger partial charge < -0.3 is 15.6 Å². The number of ketones is 1. The predicted octanol–water partition coefficient (Wildman–Crippen LogP) is 8.90. The largest absolute Gasteiger partial charge is 0.481 e. The van der Waals surface area contributed by atoms with Crippen LogP contribution in [0.3, 0.4) is 0 Å². The third kappa shape index (κ3) is 5.85. The van der Waals surface area contributed by atoms with Crippen molar-refractivity contribution in [2.24, 2.45) is 56.5 Å². The zero-order chi connectivity index (χ0) is 41.0. The number of esters is 1. The summed E-state index contributed by atoms with van der Waals surface area (Å²) in [6, 6.07) is 9.12. The van der Waals surface area contributed by atoms with Crippen molar-refractivity contribution in [3.05, 3.63) is 62.5 Å². The highest BCUT2D eigenvalue weighted by Gasteiger charge is 2.70.